The Balaban J connectivity index is 1.01. The van der Waals surface area contributed by atoms with Gasteiger partial charge in [0.15, 0.2) is 0 Å². The van der Waals surface area contributed by atoms with Crippen molar-refractivity contribution < 1.29 is 0 Å². The summed E-state index contributed by atoms with van der Waals surface area (Å²) in [7, 11) is 0. The van der Waals surface area contributed by atoms with Gasteiger partial charge in [-0.3, -0.25) is 0 Å². The third kappa shape index (κ3) is 5.44. The maximum Gasteiger partial charge on any atom is 0.0714 e. The summed E-state index contributed by atoms with van der Waals surface area (Å²) in [5.74, 6) is 0. The molecule has 1 aliphatic carbocycles. The predicted octanol–water partition coefficient (Wildman–Crippen LogP) is 16.7. The first-order valence-electron chi connectivity index (χ1n) is 22.0. The molecule has 10 aromatic carbocycles. The van der Waals surface area contributed by atoms with Crippen LogP contribution >= 0.6 is 11.3 Å². The zero-order valence-electron chi connectivity index (χ0n) is 34.9. The van der Waals surface area contributed by atoms with Crippen LogP contribution in [0.2, 0.25) is 0 Å². The molecule has 2 aromatic heterocycles. The van der Waals surface area contributed by atoms with Crippen molar-refractivity contribution in [3.8, 4) is 27.9 Å². The fourth-order valence-electron chi connectivity index (χ4n) is 10.7. The number of anilines is 3. The number of nitrogens with zero attached hydrogens (tertiary/aromatic N) is 2. The van der Waals surface area contributed by atoms with E-state index in [1.54, 1.807) is 0 Å². The second-order valence-electron chi connectivity index (χ2n) is 16.8. The monoisotopic (exact) mass is 832 g/mol. The molecule has 0 amide bonds. The maximum atomic E-state index is 2.47. The minimum atomic E-state index is -0.508. The van der Waals surface area contributed by atoms with Gasteiger partial charge in [0.05, 0.1) is 22.1 Å². The molecule has 300 valence electrons. The van der Waals surface area contributed by atoms with E-state index in [-0.39, 0.29) is 0 Å². The molecule has 2 heterocycles. The number of para-hydroxylation sites is 2. The van der Waals surface area contributed by atoms with Gasteiger partial charge in [0.25, 0.3) is 0 Å². The summed E-state index contributed by atoms with van der Waals surface area (Å²) in [6.45, 7) is 0. The Morgan fingerprint density at radius 1 is 0.375 bits per heavy atom. The lowest BCUT2D eigenvalue weighted by Gasteiger charge is -2.34. The Bertz CT molecular complexity index is 3620. The van der Waals surface area contributed by atoms with E-state index in [0.717, 1.165) is 22.7 Å². The third-order valence-corrected chi connectivity index (χ3v) is 14.6. The molecule has 2 nitrogen and oxygen atoms in total. The van der Waals surface area contributed by atoms with E-state index in [4.69, 9.17) is 0 Å². The van der Waals surface area contributed by atoms with Crippen LogP contribution < -0.4 is 4.90 Å². The fourth-order valence-corrected chi connectivity index (χ4v) is 11.9. The minimum absolute atomic E-state index is 0.508. The molecule has 0 aliphatic heterocycles. The van der Waals surface area contributed by atoms with Gasteiger partial charge in [-0.1, -0.05) is 176 Å². The highest BCUT2D eigenvalue weighted by Gasteiger charge is 2.47. The lowest BCUT2D eigenvalue weighted by molar-refractivity contribution is 0.768. The lowest BCUT2D eigenvalue weighted by Crippen LogP contribution is -2.28. The molecule has 0 N–H and O–H groups in total. The molecular weight excluding hydrogens is 793 g/mol. The van der Waals surface area contributed by atoms with Crippen LogP contribution in [0.15, 0.2) is 243 Å². The molecule has 0 atom stereocenters. The first-order valence-corrected chi connectivity index (χ1v) is 22.8. The van der Waals surface area contributed by atoms with Crippen LogP contribution in [0, 0.1) is 0 Å². The quantitative estimate of drug-likeness (QED) is 0.155. The van der Waals surface area contributed by atoms with Gasteiger partial charge in [0, 0.05) is 53.6 Å². The largest absolute Gasteiger partial charge is 0.310 e. The van der Waals surface area contributed by atoms with Crippen molar-refractivity contribution in [2.75, 3.05) is 4.90 Å². The van der Waals surface area contributed by atoms with Crippen molar-refractivity contribution >= 4 is 70.4 Å². The van der Waals surface area contributed by atoms with Crippen molar-refractivity contribution in [2.24, 2.45) is 0 Å². The standard InChI is InChI=1S/C61H40N2S/c1-3-16-43(17-4-1)61(44-18-5-2-6-19-44)53-24-11-7-23-52(53)60-54(61)25-15-28-57(60)62(45-33-30-41(31-34-45)42-32-39-51-50-22-10-14-29-58(50)64-59(51)40-42)46-35-37-47(38-36-46)63-55-26-12-8-20-48(55)49-21-9-13-27-56(49)63/h1-40H. The van der Waals surface area contributed by atoms with Gasteiger partial charge in [-0.05, 0) is 106 Å². The summed E-state index contributed by atoms with van der Waals surface area (Å²) >= 11 is 1.87. The average molecular weight is 833 g/mol. The molecule has 0 bridgehead atoms. The van der Waals surface area contributed by atoms with E-state index in [1.807, 2.05) is 11.3 Å². The van der Waals surface area contributed by atoms with Gasteiger partial charge >= 0.3 is 0 Å². The van der Waals surface area contributed by atoms with E-state index >= 15 is 0 Å². The molecule has 64 heavy (non-hydrogen) atoms. The van der Waals surface area contributed by atoms with Crippen molar-refractivity contribution in [1.29, 1.82) is 0 Å². The van der Waals surface area contributed by atoms with Crippen LogP contribution in [0.4, 0.5) is 17.1 Å². The fraction of sp³-hybridized carbons (Fsp3) is 0.0164. The normalized spacial score (nSPS) is 12.8. The number of hydrogen-bond acceptors (Lipinski definition) is 2. The van der Waals surface area contributed by atoms with Crippen molar-refractivity contribution in [2.45, 2.75) is 5.41 Å². The van der Waals surface area contributed by atoms with Gasteiger partial charge in [0.2, 0.25) is 0 Å². The SMILES string of the molecule is c1ccc(C2(c3ccccc3)c3ccccc3-c3c(N(c4ccc(-c5ccc6c(c5)sc5ccccc56)cc4)c4ccc(-n5c6ccccc6c6ccccc65)cc4)cccc32)cc1. The summed E-state index contributed by atoms with van der Waals surface area (Å²) < 4.78 is 5.03. The van der Waals surface area contributed by atoms with Gasteiger partial charge in [-0.2, -0.15) is 0 Å². The van der Waals surface area contributed by atoms with E-state index in [2.05, 4.69) is 252 Å². The maximum absolute atomic E-state index is 2.47. The van der Waals surface area contributed by atoms with Crippen molar-refractivity contribution in [1.82, 2.24) is 4.57 Å². The molecule has 1 aliphatic rings. The molecule has 3 heteroatoms. The van der Waals surface area contributed by atoms with Crippen LogP contribution in [0.3, 0.4) is 0 Å². The number of aromatic nitrogens is 1. The van der Waals surface area contributed by atoms with Crippen LogP contribution in [0.1, 0.15) is 22.3 Å². The molecule has 0 spiro atoms. The minimum Gasteiger partial charge on any atom is -0.310 e. The Labute approximate surface area is 376 Å². The van der Waals surface area contributed by atoms with Crippen LogP contribution in [-0.2, 0) is 5.41 Å². The lowest BCUT2D eigenvalue weighted by atomic mass is 9.68. The van der Waals surface area contributed by atoms with Crippen molar-refractivity contribution in [3.05, 3.63) is 265 Å². The summed E-state index contributed by atoms with van der Waals surface area (Å²) in [5.41, 5.74) is 16.4. The number of thiophene rings is 1. The Hall–Kier alpha value is -7.98. The average Bonchev–Trinajstić information content (AvgIpc) is 4.02. The third-order valence-electron chi connectivity index (χ3n) is 13.5. The first kappa shape index (κ1) is 36.7. The Kier molecular flexibility index (Phi) is 8.34. The van der Waals surface area contributed by atoms with Crippen LogP contribution in [-0.4, -0.2) is 4.57 Å². The van der Waals surface area contributed by atoms with E-state index < -0.39 is 5.41 Å². The zero-order valence-corrected chi connectivity index (χ0v) is 35.7. The second kappa shape index (κ2) is 14.6. The summed E-state index contributed by atoms with van der Waals surface area (Å²) in [5, 5.41) is 5.16. The van der Waals surface area contributed by atoms with Gasteiger partial charge in [0.1, 0.15) is 0 Å². The van der Waals surface area contributed by atoms with E-state index in [9.17, 15) is 0 Å². The van der Waals surface area contributed by atoms with E-state index in [0.29, 0.717) is 0 Å². The predicted molar refractivity (Wildman–Crippen MR) is 271 cm³/mol. The Morgan fingerprint density at radius 2 is 0.906 bits per heavy atom. The number of benzene rings is 10. The van der Waals surface area contributed by atoms with Crippen molar-refractivity contribution in [3.63, 3.8) is 0 Å². The molecule has 0 fully saturated rings. The number of fused-ring (bicyclic) bond motifs is 9. The highest BCUT2D eigenvalue weighted by atomic mass is 32.1. The summed E-state index contributed by atoms with van der Waals surface area (Å²) in [6, 6.07) is 89.5. The van der Waals surface area contributed by atoms with E-state index in [1.165, 1.54) is 86.5 Å². The molecule has 12 aromatic rings. The topological polar surface area (TPSA) is 8.17 Å². The molecular formula is C61H40N2S. The van der Waals surface area contributed by atoms with Gasteiger partial charge < -0.3 is 9.47 Å². The molecule has 13 rings (SSSR count). The summed E-state index contributed by atoms with van der Waals surface area (Å²) in [4.78, 5) is 2.47. The molecule has 0 saturated heterocycles. The summed E-state index contributed by atoms with van der Waals surface area (Å²) in [6.07, 6.45) is 0. The van der Waals surface area contributed by atoms with Crippen LogP contribution in [0.25, 0.3) is 69.9 Å². The number of rotatable bonds is 7. The molecule has 0 radical (unpaired) electrons. The molecule has 0 unspecified atom stereocenters. The molecule has 0 saturated carbocycles. The smallest absolute Gasteiger partial charge is 0.0714 e. The van der Waals surface area contributed by atoms with Crippen LogP contribution in [0.5, 0.6) is 0 Å². The zero-order chi connectivity index (χ0) is 42.2. The first-order chi connectivity index (χ1) is 31.8. The highest BCUT2D eigenvalue weighted by molar-refractivity contribution is 7.25. The highest BCUT2D eigenvalue weighted by Crippen LogP contribution is 2.59. The Morgan fingerprint density at radius 3 is 1.59 bits per heavy atom. The second-order valence-corrected chi connectivity index (χ2v) is 17.9. The number of hydrogen-bond donors (Lipinski definition) is 0. The van der Waals surface area contributed by atoms with Gasteiger partial charge in [-0.25, -0.2) is 0 Å². The van der Waals surface area contributed by atoms with Gasteiger partial charge in [-0.15, -0.1) is 11.3 Å².